The number of nitrogens with zero attached hydrogens (tertiary/aromatic N) is 3. The number of hydrogen-bond donors (Lipinski definition) is 3. The van der Waals surface area contributed by atoms with Crippen molar-refractivity contribution in [2.24, 2.45) is 0 Å². The Labute approximate surface area is 83.8 Å². The summed E-state index contributed by atoms with van der Waals surface area (Å²) in [5.41, 5.74) is 6.85. The van der Waals surface area contributed by atoms with E-state index in [0.717, 1.165) is 0 Å². The number of nitrogen functional groups attached to an aromatic ring is 1. The van der Waals surface area contributed by atoms with Crippen LogP contribution in [0.2, 0.25) is 0 Å². The van der Waals surface area contributed by atoms with Gasteiger partial charge in [-0.2, -0.15) is 10.4 Å². The third kappa shape index (κ3) is 1.22. The van der Waals surface area contributed by atoms with E-state index in [1.807, 2.05) is 6.07 Å². The lowest BCUT2D eigenvalue weighted by atomic mass is 10.2. The van der Waals surface area contributed by atoms with Crippen LogP contribution in [0.25, 0.3) is 11.0 Å². The summed E-state index contributed by atoms with van der Waals surface area (Å²) >= 11 is 4.84. The molecule has 0 aliphatic heterocycles. The van der Waals surface area contributed by atoms with Crippen molar-refractivity contribution < 1.29 is 0 Å². The first-order chi connectivity index (χ1) is 6.72. The highest BCUT2D eigenvalue weighted by molar-refractivity contribution is 7.71. The average Bonchev–Trinajstić information content (AvgIpc) is 2.49. The van der Waals surface area contributed by atoms with E-state index >= 15 is 0 Å². The van der Waals surface area contributed by atoms with Gasteiger partial charge in [0.1, 0.15) is 5.82 Å². The third-order valence-electron chi connectivity index (χ3n) is 1.80. The standard InChI is InChI=1S/C7H6N6S/c8-2-1-3-4-5(9)10-7(14)11-6(4)13-12-3/h1H2,(H4,9,10,11,12,13,14). The molecule has 0 unspecified atom stereocenters. The van der Waals surface area contributed by atoms with Crippen LogP contribution in [0.5, 0.6) is 0 Å². The molecule has 2 rings (SSSR count). The van der Waals surface area contributed by atoms with E-state index in [0.29, 0.717) is 22.5 Å². The predicted molar refractivity (Wildman–Crippen MR) is 52.8 cm³/mol. The highest BCUT2D eigenvalue weighted by Crippen LogP contribution is 2.18. The second kappa shape index (κ2) is 3.08. The van der Waals surface area contributed by atoms with Gasteiger partial charge in [0.05, 0.1) is 23.6 Å². The Morgan fingerprint density at radius 3 is 3.07 bits per heavy atom. The van der Waals surface area contributed by atoms with Gasteiger partial charge in [0, 0.05) is 0 Å². The van der Waals surface area contributed by atoms with Gasteiger partial charge in [0.25, 0.3) is 0 Å². The molecule has 0 amide bonds. The molecule has 14 heavy (non-hydrogen) atoms. The van der Waals surface area contributed by atoms with Crippen molar-refractivity contribution in [1.82, 2.24) is 20.2 Å². The van der Waals surface area contributed by atoms with Crippen LogP contribution in [0.4, 0.5) is 5.82 Å². The fourth-order valence-corrected chi connectivity index (χ4v) is 1.44. The van der Waals surface area contributed by atoms with Crippen LogP contribution in [0, 0.1) is 16.1 Å². The maximum Gasteiger partial charge on any atom is 0.200 e. The van der Waals surface area contributed by atoms with E-state index in [9.17, 15) is 0 Å². The third-order valence-corrected chi connectivity index (χ3v) is 1.99. The molecule has 2 aromatic heterocycles. The lowest BCUT2D eigenvalue weighted by molar-refractivity contribution is 1.02. The van der Waals surface area contributed by atoms with Crippen molar-refractivity contribution in [3.63, 3.8) is 0 Å². The van der Waals surface area contributed by atoms with Gasteiger partial charge in [0.15, 0.2) is 10.4 Å². The molecular weight excluding hydrogens is 200 g/mol. The second-order valence-electron chi connectivity index (χ2n) is 2.69. The SMILES string of the molecule is N#CCc1[nH]nc2[nH]c(=S)nc(N)c12. The molecule has 0 bridgehead atoms. The van der Waals surface area contributed by atoms with Gasteiger partial charge < -0.3 is 10.7 Å². The first kappa shape index (κ1) is 8.65. The molecule has 70 valence electrons. The first-order valence-electron chi connectivity index (χ1n) is 3.82. The van der Waals surface area contributed by atoms with Crippen molar-refractivity contribution in [3.05, 3.63) is 10.5 Å². The number of H-pyrrole nitrogens is 2. The van der Waals surface area contributed by atoms with E-state index in [-0.39, 0.29) is 11.2 Å². The number of nitrogens with two attached hydrogens (primary N) is 1. The quantitative estimate of drug-likeness (QED) is 0.594. The summed E-state index contributed by atoms with van der Waals surface area (Å²) in [4.78, 5) is 6.67. The minimum absolute atomic E-state index is 0.215. The van der Waals surface area contributed by atoms with Gasteiger partial charge in [-0.05, 0) is 12.2 Å². The van der Waals surface area contributed by atoms with E-state index in [1.165, 1.54) is 0 Å². The number of nitrogens with one attached hydrogen (secondary N) is 2. The summed E-state index contributed by atoms with van der Waals surface area (Å²) in [5.74, 6) is 0.294. The fraction of sp³-hybridized carbons (Fsp3) is 0.143. The van der Waals surface area contributed by atoms with Crippen LogP contribution < -0.4 is 5.73 Å². The number of nitriles is 1. The number of aromatic amines is 2. The predicted octanol–water partition coefficient (Wildman–Crippen LogP) is 0.664. The molecule has 0 aliphatic rings. The molecule has 2 heterocycles. The minimum atomic E-state index is 0.215. The molecule has 0 aliphatic carbocycles. The Kier molecular flexibility index (Phi) is 1.90. The topological polar surface area (TPSA) is 107 Å². The molecule has 2 aromatic rings. The molecule has 0 radical (unpaired) electrons. The lowest BCUT2D eigenvalue weighted by Gasteiger charge is -1.95. The summed E-state index contributed by atoms with van der Waals surface area (Å²) in [7, 11) is 0. The molecule has 0 saturated carbocycles. The molecule has 0 aromatic carbocycles. The average molecular weight is 206 g/mol. The Hall–Kier alpha value is -1.94. The summed E-state index contributed by atoms with van der Waals surface area (Å²) in [6.45, 7) is 0. The van der Waals surface area contributed by atoms with Crippen molar-refractivity contribution >= 4 is 29.1 Å². The summed E-state index contributed by atoms with van der Waals surface area (Å²) in [5, 5.41) is 15.8. The summed E-state index contributed by atoms with van der Waals surface area (Å²) in [6, 6.07) is 2.01. The normalized spacial score (nSPS) is 10.2. The minimum Gasteiger partial charge on any atom is -0.383 e. The van der Waals surface area contributed by atoms with Gasteiger partial charge in [-0.15, -0.1) is 0 Å². The molecule has 0 saturated heterocycles. The molecule has 0 fully saturated rings. The largest absolute Gasteiger partial charge is 0.383 e. The Balaban J connectivity index is 2.80. The zero-order chi connectivity index (χ0) is 10.1. The molecule has 0 spiro atoms. The second-order valence-corrected chi connectivity index (χ2v) is 3.07. The van der Waals surface area contributed by atoms with Gasteiger partial charge in [-0.3, -0.25) is 5.10 Å². The highest BCUT2D eigenvalue weighted by Gasteiger charge is 2.09. The zero-order valence-electron chi connectivity index (χ0n) is 7.03. The number of hydrogen-bond acceptors (Lipinski definition) is 5. The van der Waals surface area contributed by atoms with Gasteiger partial charge >= 0.3 is 0 Å². The Morgan fingerprint density at radius 1 is 1.57 bits per heavy atom. The Bertz CT molecular complexity index is 574. The van der Waals surface area contributed by atoms with Crippen LogP contribution in [0.3, 0.4) is 0 Å². The van der Waals surface area contributed by atoms with Crippen molar-refractivity contribution in [1.29, 1.82) is 5.26 Å². The number of fused-ring (bicyclic) bond motifs is 1. The Morgan fingerprint density at radius 2 is 2.36 bits per heavy atom. The molecular formula is C7H6N6S. The van der Waals surface area contributed by atoms with E-state index in [1.54, 1.807) is 0 Å². The van der Waals surface area contributed by atoms with Crippen LogP contribution in [0.15, 0.2) is 0 Å². The molecule has 7 heteroatoms. The number of anilines is 1. The summed E-state index contributed by atoms with van der Waals surface area (Å²) in [6.07, 6.45) is 0.215. The lowest BCUT2D eigenvalue weighted by Crippen LogP contribution is -1.95. The fourth-order valence-electron chi connectivity index (χ4n) is 1.25. The monoisotopic (exact) mass is 206 g/mol. The van der Waals surface area contributed by atoms with Crippen LogP contribution in [-0.2, 0) is 6.42 Å². The highest BCUT2D eigenvalue weighted by atomic mass is 32.1. The van der Waals surface area contributed by atoms with Crippen molar-refractivity contribution in [2.45, 2.75) is 6.42 Å². The van der Waals surface area contributed by atoms with E-state index in [2.05, 4.69) is 20.2 Å². The first-order valence-corrected chi connectivity index (χ1v) is 4.23. The number of aromatic nitrogens is 4. The molecule has 4 N–H and O–H groups in total. The molecule has 0 atom stereocenters. The van der Waals surface area contributed by atoms with Gasteiger partial charge in [0.2, 0.25) is 0 Å². The van der Waals surface area contributed by atoms with Crippen LogP contribution >= 0.6 is 12.2 Å². The maximum atomic E-state index is 8.55. The van der Waals surface area contributed by atoms with E-state index < -0.39 is 0 Å². The van der Waals surface area contributed by atoms with Gasteiger partial charge in [-0.1, -0.05) is 0 Å². The smallest absolute Gasteiger partial charge is 0.200 e. The van der Waals surface area contributed by atoms with Crippen molar-refractivity contribution in [2.75, 3.05) is 5.73 Å². The van der Waals surface area contributed by atoms with E-state index in [4.69, 9.17) is 23.2 Å². The summed E-state index contributed by atoms with van der Waals surface area (Å²) < 4.78 is 0.282. The van der Waals surface area contributed by atoms with Crippen molar-refractivity contribution in [3.8, 4) is 6.07 Å². The van der Waals surface area contributed by atoms with Crippen LogP contribution in [0.1, 0.15) is 5.69 Å². The van der Waals surface area contributed by atoms with Gasteiger partial charge in [-0.25, -0.2) is 4.98 Å². The number of rotatable bonds is 1. The zero-order valence-corrected chi connectivity index (χ0v) is 7.85. The molecule has 6 nitrogen and oxygen atoms in total. The van der Waals surface area contributed by atoms with Crippen LogP contribution in [-0.4, -0.2) is 20.2 Å². The maximum absolute atomic E-state index is 8.55.